The minimum atomic E-state index is -4.57. The molecule has 136 valence electrons. The third-order valence-corrected chi connectivity index (χ3v) is 4.45. The van der Waals surface area contributed by atoms with Crippen molar-refractivity contribution < 1.29 is 26.7 Å². The number of alkyl halides is 5. The normalized spacial score (nSPS) is 17.7. The smallest absolute Gasteiger partial charge is 0.325 e. The van der Waals surface area contributed by atoms with Gasteiger partial charge in [0.15, 0.2) is 0 Å². The Labute approximate surface area is 146 Å². The first-order valence-electron chi connectivity index (χ1n) is 6.91. The second-order valence-corrected chi connectivity index (χ2v) is 6.15. The predicted molar refractivity (Wildman–Crippen MR) is 85.0 cm³/mol. The molecule has 10 heteroatoms. The summed E-state index contributed by atoms with van der Waals surface area (Å²) in [5.74, 6) is -1.30. The Bertz CT molecular complexity index is 565. The first-order valence-corrected chi connectivity index (χ1v) is 7.89. The average Bonchev–Trinajstić information content (AvgIpc) is 2.99. The van der Waals surface area contributed by atoms with Crippen molar-refractivity contribution in [3.63, 3.8) is 0 Å². The fraction of sp³-hybridized carbons (Fsp3) is 0.500. The summed E-state index contributed by atoms with van der Waals surface area (Å²) in [6, 6.07) is 2.72. The molecule has 0 radical (unpaired) electrons. The zero-order chi connectivity index (χ0) is 17.0. The number of carbonyl (C=O) groups is 1. The molecular formula is C14H16ClF5N2OS. The highest BCUT2D eigenvalue weighted by Crippen LogP contribution is 2.36. The van der Waals surface area contributed by atoms with E-state index in [1.165, 1.54) is 0 Å². The van der Waals surface area contributed by atoms with Crippen LogP contribution in [-0.2, 0) is 11.0 Å². The highest BCUT2D eigenvalue weighted by molar-refractivity contribution is 7.99. The van der Waals surface area contributed by atoms with Crippen LogP contribution >= 0.6 is 24.2 Å². The van der Waals surface area contributed by atoms with Gasteiger partial charge in [0.2, 0.25) is 12.3 Å². The molecule has 3 nitrogen and oxygen atoms in total. The van der Waals surface area contributed by atoms with Gasteiger partial charge >= 0.3 is 6.18 Å². The van der Waals surface area contributed by atoms with Crippen molar-refractivity contribution in [3.05, 3.63) is 23.8 Å². The molecule has 0 aliphatic carbocycles. The lowest BCUT2D eigenvalue weighted by Gasteiger charge is -2.16. The first kappa shape index (κ1) is 21.0. The maximum Gasteiger partial charge on any atom is 0.416 e. The summed E-state index contributed by atoms with van der Waals surface area (Å²) in [5, 5.41) is 5.43. The zero-order valence-corrected chi connectivity index (χ0v) is 14.0. The van der Waals surface area contributed by atoms with Gasteiger partial charge in [-0.2, -0.15) is 13.2 Å². The summed E-state index contributed by atoms with van der Waals surface area (Å²) in [6.45, 7) is 1.11. The maximum atomic E-state index is 12.8. The first-order chi connectivity index (χ1) is 10.8. The monoisotopic (exact) mass is 390 g/mol. The van der Waals surface area contributed by atoms with Crippen LogP contribution in [0.2, 0.25) is 0 Å². The zero-order valence-electron chi connectivity index (χ0n) is 12.3. The van der Waals surface area contributed by atoms with E-state index >= 15 is 0 Å². The van der Waals surface area contributed by atoms with Crippen molar-refractivity contribution in [3.8, 4) is 0 Å². The number of rotatable bonds is 5. The van der Waals surface area contributed by atoms with Gasteiger partial charge in [-0.15, -0.1) is 24.2 Å². The van der Waals surface area contributed by atoms with E-state index in [1.807, 2.05) is 0 Å². The quantitative estimate of drug-likeness (QED) is 0.589. The van der Waals surface area contributed by atoms with Crippen LogP contribution in [0.1, 0.15) is 12.0 Å². The molecule has 0 spiro atoms. The Morgan fingerprint density at radius 2 is 2.08 bits per heavy atom. The molecule has 1 heterocycles. The molecule has 0 aromatic heterocycles. The van der Waals surface area contributed by atoms with Gasteiger partial charge in [0.25, 0.3) is 0 Å². The summed E-state index contributed by atoms with van der Waals surface area (Å²) in [7, 11) is 0. The van der Waals surface area contributed by atoms with E-state index in [0.29, 0.717) is 31.3 Å². The van der Waals surface area contributed by atoms with Gasteiger partial charge in [0.05, 0.1) is 22.9 Å². The number of thioether (sulfide) groups is 1. The number of anilines is 1. The van der Waals surface area contributed by atoms with Crippen LogP contribution in [0.3, 0.4) is 0 Å². The lowest BCUT2D eigenvalue weighted by molar-refractivity contribution is -0.137. The van der Waals surface area contributed by atoms with Gasteiger partial charge < -0.3 is 10.6 Å². The summed E-state index contributed by atoms with van der Waals surface area (Å²) < 4.78 is 63.1. The molecule has 1 amide bonds. The van der Waals surface area contributed by atoms with E-state index in [2.05, 4.69) is 10.6 Å². The number of halogens is 6. The van der Waals surface area contributed by atoms with Gasteiger partial charge in [0.1, 0.15) is 0 Å². The molecule has 1 saturated heterocycles. The second-order valence-electron chi connectivity index (χ2n) is 5.09. The van der Waals surface area contributed by atoms with Crippen molar-refractivity contribution >= 4 is 35.8 Å². The molecule has 1 aromatic carbocycles. The number of hydrogen-bond donors (Lipinski definition) is 2. The van der Waals surface area contributed by atoms with Crippen molar-refractivity contribution in [1.82, 2.24) is 5.32 Å². The van der Waals surface area contributed by atoms with Crippen LogP contribution in [0.15, 0.2) is 23.1 Å². The summed E-state index contributed by atoms with van der Waals surface area (Å²) >= 11 is 0.711. The molecule has 1 aliphatic rings. The topological polar surface area (TPSA) is 41.1 Å². The van der Waals surface area contributed by atoms with Crippen molar-refractivity contribution in [1.29, 1.82) is 0 Å². The molecular weight excluding hydrogens is 375 g/mol. The molecule has 1 atom stereocenters. The predicted octanol–water partition coefficient (Wildman–Crippen LogP) is 4.03. The minimum absolute atomic E-state index is 0. The van der Waals surface area contributed by atoms with Crippen LogP contribution in [0.5, 0.6) is 0 Å². The van der Waals surface area contributed by atoms with Gasteiger partial charge in [-0.1, -0.05) is 0 Å². The SMILES string of the molecule is Cl.O=C(Nc1cc(C(F)(F)F)ccc1SCC(F)F)C1CCNC1. The third-order valence-electron chi connectivity index (χ3n) is 3.36. The Balaban J connectivity index is 0.00000288. The van der Waals surface area contributed by atoms with E-state index in [9.17, 15) is 26.7 Å². The largest absolute Gasteiger partial charge is 0.416 e. The van der Waals surface area contributed by atoms with Crippen LogP contribution in [0, 0.1) is 5.92 Å². The van der Waals surface area contributed by atoms with E-state index in [4.69, 9.17) is 0 Å². The number of hydrogen-bond acceptors (Lipinski definition) is 3. The number of benzene rings is 1. The lowest BCUT2D eigenvalue weighted by Crippen LogP contribution is -2.25. The fourth-order valence-electron chi connectivity index (χ4n) is 2.20. The van der Waals surface area contributed by atoms with Crippen LogP contribution in [0.4, 0.5) is 27.6 Å². The van der Waals surface area contributed by atoms with Crippen molar-refractivity contribution in [2.24, 2.45) is 5.92 Å². The van der Waals surface area contributed by atoms with Crippen LogP contribution in [0.25, 0.3) is 0 Å². The van der Waals surface area contributed by atoms with Crippen LogP contribution < -0.4 is 10.6 Å². The lowest BCUT2D eigenvalue weighted by atomic mass is 10.1. The Kier molecular flexibility index (Phi) is 7.75. The molecule has 0 saturated carbocycles. The van der Waals surface area contributed by atoms with Gasteiger partial charge in [0, 0.05) is 11.4 Å². The number of nitrogens with one attached hydrogen (secondary N) is 2. The molecule has 2 N–H and O–H groups in total. The standard InChI is InChI=1S/C14H15F5N2OS.ClH/c15-12(16)7-23-11-2-1-9(14(17,18)19)5-10(11)21-13(22)8-3-4-20-6-8;/h1-2,5,8,12,20H,3-4,6-7H2,(H,21,22);1H. The molecule has 1 fully saturated rings. The molecule has 1 aliphatic heterocycles. The Morgan fingerprint density at radius 3 is 2.62 bits per heavy atom. The van der Waals surface area contributed by atoms with E-state index < -0.39 is 29.8 Å². The maximum absolute atomic E-state index is 12.8. The van der Waals surface area contributed by atoms with E-state index in [1.54, 1.807) is 0 Å². The highest BCUT2D eigenvalue weighted by Gasteiger charge is 2.32. The molecule has 0 bridgehead atoms. The van der Waals surface area contributed by atoms with Crippen molar-refractivity contribution in [2.75, 3.05) is 24.2 Å². The summed E-state index contributed by atoms with van der Waals surface area (Å²) in [4.78, 5) is 12.3. The summed E-state index contributed by atoms with van der Waals surface area (Å²) in [5.41, 5.74) is -1.01. The molecule has 1 aromatic rings. The van der Waals surface area contributed by atoms with Gasteiger partial charge in [-0.05, 0) is 31.2 Å². The molecule has 1 unspecified atom stereocenters. The van der Waals surface area contributed by atoms with E-state index in [-0.39, 0.29) is 28.9 Å². The molecule has 24 heavy (non-hydrogen) atoms. The Hall–Kier alpha value is -1.06. The molecule has 2 rings (SSSR count). The highest BCUT2D eigenvalue weighted by atomic mass is 35.5. The van der Waals surface area contributed by atoms with Crippen molar-refractivity contribution in [2.45, 2.75) is 23.9 Å². The Morgan fingerprint density at radius 1 is 1.38 bits per heavy atom. The number of amides is 1. The van der Waals surface area contributed by atoms with E-state index in [0.717, 1.165) is 18.2 Å². The fourth-order valence-corrected chi connectivity index (χ4v) is 2.93. The number of carbonyl (C=O) groups excluding carboxylic acids is 1. The van der Waals surface area contributed by atoms with Gasteiger partial charge in [-0.3, -0.25) is 4.79 Å². The average molecular weight is 391 g/mol. The minimum Gasteiger partial charge on any atom is -0.325 e. The van der Waals surface area contributed by atoms with Crippen LogP contribution in [-0.4, -0.2) is 31.2 Å². The third kappa shape index (κ3) is 5.78. The van der Waals surface area contributed by atoms with Gasteiger partial charge in [-0.25, -0.2) is 8.78 Å². The summed E-state index contributed by atoms with van der Waals surface area (Å²) in [6.07, 6.45) is -6.57. The second kappa shape index (κ2) is 8.87.